The molecule has 0 aromatic heterocycles. The largest absolute Gasteiger partial charge is 0.328 e. The third-order valence-corrected chi connectivity index (χ3v) is 12.2. The summed E-state index contributed by atoms with van der Waals surface area (Å²) in [5.74, 6) is -0.117. The van der Waals surface area contributed by atoms with E-state index in [0.29, 0.717) is 16.7 Å². The SMILES string of the molecule is Cc1cc(C)c(N2c3ccccc3C3(c4ccccc4-c4ccccc43)C3CC(C=C4C(=O)c5ccccc5C4=O)SC32)c(C)c1. The maximum atomic E-state index is 13.6. The van der Waals surface area contributed by atoms with Gasteiger partial charge in [-0.15, -0.1) is 11.8 Å². The Hall–Kier alpha value is -4.67. The second kappa shape index (κ2) is 9.91. The van der Waals surface area contributed by atoms with Crippen molar-refractivity contribution in [2.75, 3.05) is 4.90 Å². The summed E-state index contributed by atoms with van der Waals surface area (Å²) in [6, 6.07) is 38.7. The Balaban J connectivity index is 1.30. The number of ketones is 2. The van der Waals surface area contributed by atoms with E-state index in [1.807, 2.05) is 30.0 Å². The number of nitrogens with zero attached hydrogens (tertiary/aromatic N) is 1. The molecule has 3 nitrogen and oxygen atoms in total. The molecule has 0 amide bonds. The lowest BCUT2D eigenvalue weighted by atomic mass is 9.60. The summed E-state index contributed by atoms with van der Waals surface area (Å²) in [6.45, 7) is 6.62. The maximum Gasteiger partial charge on any atom is 0.197 e. The summed E-state index contributed by atoms with van der Waals surface area (Å²) in [7, 11) is 0. The second-order valence-electron chi connectivity index (χ2n) is 13.2. The van der Waals surface area contributed by atoms with Crippen LogP contribution in [-0.4, -0.2) is 22.2 Å². The minimum absolute atomic E-state index is 0.00751. The van der Waals surface area contributed by atoms with Crippen molar-refractivity contribution < 1.29 is 9.59 Å². The van der Waals surface area contributed by atoms with E-state index in [0.717, 1.165) is 6.42 Å². The molecular weight excluding hydrogens is 583 g/mol. The monoisotopic (exact) mass is 615 g/mol. The molecule has 2 aliphatic heterocycles. The van der Waals surface area contributed by atoms with Crippen LogP contribution in [0.25, 0.3) is 11.1 Å². The fraction of sp³-hybridized carbons (Fsp3) is 0.190. The summed E-state index contributed by atoms with van der Waals surface area (Å²) in [5.41, 5.74) is 13.9. The molecule has 5 aromatic carbocycles. The van der Waals surface area contributed by atoms with E-state index in [1.165, 1.54) is 55.9 Å². The highest BCUT2D eigenvalue weighted by Gasteiger charge is 2.60. The van der Waals surface area contributed by atoms with Gasteiger partial charge in [0.15, 0.2) is 11.6 Å². The number of benzene rings is 5. The van der Waals surface area contributed by atoms with Gasteiger partial charge >= 0.3 is 0 Å². The van der Waals surface area contributed by atoms with Crippen molar-refractivity contribution in [3.05, 3.63) is 165 Å². The van der Waals surface area contributed by atoms with Crippen LogP contribution in [0.3, 0.4) is 0 Å². The summed E-state index contributed by atoms with van der Waals surface area (Å²) in [5, 5.41) is 0.0666. The molecule has 0 saturated carbocycles. The minimum Gasteiger partial charge on any atom is -0.328 e. The van der Waals surface area contributed by atoms with Gasteiger partial charge in [0, 0.05) is 33.7 Å². The molecule has 0 radical (unpaired) electrons. The lowest BCUT2D eigenvalue weighted by molar-refractivity contribution is 0.0988. The van der Waals surface area contributed by atoms with Gasteiger partial charge in [-0.05, 0) is 72.2 Å². The number of rotatable bonds is 2. The number of hydrogen-bond acceptors (Lipinski definition) is 4. The molecule has 1 spiro atoms. The molecule has 3 atom stereocenters. The third kappa shape index (κ3) is 3.56. The molecule has 224 valence electrons. The first-order chi connectivity index (χ1) is 22.4. The molecule has 4 aliphatic rings. The van der Waals surface area contributed by atoms with Gasteiger partial charge in [0.1, 0.15) is 0 Å². The Bertz CT molecular complexity index is 2070. The normalized spacial score (nSPS) is 21.6. The van der Waals surface area contributed by atoms with Gasteiger partial charge in [-0.25, -0.2) is 0 Å². The van der Waals surface area contributed by atoms with Crippen LogP contribution in [-0.2, 0) is 5.41 Å². The van der Waals surface area contributed by atoms with E-state index < -0.39 is 0 Å². The number of allylic oxidation sites excluding steroid dienone is 1. The lowest BCUT2D eigenvalue weighted by Gasteiger charge is -2.51. The molecular formula is C42H33NO2S. The molecule has 0 bridgehead atoms. The van der Waals surface area contributed by atoms with Crippen LogP contribution in [0.2, 0.25) is 0 Å². The first-order valence-electron chi connectivity index (χ1n) is 16.1. The van der Waals surface area contributed by atoms with Gasteiger partial charge in [0.25, 0.3) is 0 Å². The number of Topliss-reactive ketones (excluding diaryl/α,β-unsaturated/α-hetero) is 2. The number of carbonyl (C=O) groups excluding carboxylic acids is 2. The molecule has 2 aliphatic carbocycles. The Morgan fingerprint density at radius 3 is 1.76 bits per heavy atom. The molecule has 9 rings (SSSR count). The van der Waals surface area contributed by atoms with Crippen molar-refractivity contribution in [3.8, 4) is 11.1 Å². The molecule has 46 heavy (non-hydrogen) atoms. The summed E-state index contributed by atoms with van der Waals surface area (Å²) >= 11 is 1.91. The predicted octanol–water partition coefficient (Wildman–Crippen LogP) is 9.53. The zero-order valence-corrected chi connectivity index (χ0v) is 26.9. The van der Waals surface area contributed by atoms with Crippen molar-refractivity contribution in [1.82, 2.24) is 0 Å². The highest BCUT2D eigenvalue weighted by Crippen LogP contribution is 2.67. The van der Waals surface area contributed by atoms with Crippen molar-refractivity contribution in [1.29, 1.82) is 0 Å². The topological polar surface area (TPSA) is 37.4 Å². The highest BCUT2D eigenvalue weighted by molar-refractivity contribution is 8.01. The fourth-order valence-corrected chi connectivity index (χ4v) is 10.9. The number of fused-ring (bicyclic) bond motifs is 10. The summed E-state index contributed by atoms with van der Waals surface area (Å²) < 4.78 is 0. The summed E-state index contributed by atoms with van der Waals surface area (Å²) in [6.07, 6.45) is 2.85. The van der Waals surface area contributed by atoms with Gasteiger partial charge < -0.3 is 4.90 Å². The third-order valence-electron chi connectivity index (χ3n) is 10.7. The second-order valence-corrected chi connectivity index (χ2v) is 14.6. The molecule has 5 aromatic rings. The zero-order chi connectivity index (χ0) is 31.3. The van der Waals surface area contributed by atoms with Gasteiger partial charge in [-0.2, -0.15) is 0 Å². The average molecular weight is 616 g/mol. The predicted molar refractivity (Wildman–Crippen MR) is 187 cm³/mol. The van der Waals surface area contributed by atoms with Crippen molar-refractivity contribution in [2.24, 2.45) is 5.92 Å². The van der Waals surface area contributed by atoms with E-state index in [2.05, 4.69) is 111 Å². The molecule has 1 saturated heterocycles. The number of aryl methyl sites for hydroxylation is 3. The zero-order valence-electron chi connectivity index (χ0n) is 26.1. The highest BCUT2D eigenvalue weighted by atomic mass is 32.2. The van der Waals surface area contributed by atoms with E-state index in [1.54, 1.807) is 12.1 Å². The first kappa shape index (κ1) is 27.6. The minimum atomic E-state index is -0.371. The number of anilines is 2. The molecule has 3 unspecified atom stereocenters. The Labute approximate surface area is 274 Å². The quantitative estimate of drug-likeness (QED) is 0.146. The van der Waals surface area contributed by atoms with Crippen LogP contribution in [0, 0.1) is 26.7 Å². The first-order valence-corrected chi connectivity index (χ1v) is 17.1. The lowest BCUT2D eigenvalue weighted by Crippen LogP contribution is -2.50. The van der Waals surface area contributed by atoms with Gasteiger partial charge in [0.05, 0.1) is 16.4 Å². The maximum absolute atomic E-state index is 13.6. The summed E-state index contributed by atoms with van der Waals surface area (Å²) in [4.78, 5) is 29.7. The van der Waals surface area contributed by atoms with Crippen molar-refractivity contribution in [3.63, 3.8) is 0 Å². The van der Waals surface area contributed by atoms with Crippen LogP contribution in [0.5, 0.6) is 0 Å². The van der Waals surface area contributed by atoms with Gasteiger partial charge in [-0.1, -0.05) is 115 Å². The average Bonchev–Trinajstić information content (AvgIpc) is 3.69. The van der Waals surface area contributed by atoms with Gasteiger partial charge in [0.2, 0.25) is 0 Å². The van der Waals surface area contributed by atoms with Crippen LogP contribution in [0.4, 0.5) is 11.4 Å². The van der Waals surface area contributed by atoms with Crippen molar-refractivity contribution >= 4 is 34.7 Å². The van der Waals surface area contributed by atoms with E-state index in [4.69, 9.17) is 0 Å². The smallest absolute Gasteiger partial charge is 0.197 e. The molecule has 4 heteroatoms. The van der Waals surface area contributed by atoms with Crippen LogP contribution in [0.15, 0.2) is 121 Å². The molecule has 1 fully saturated rings. The number of thioether (sulfide) groups is 1. The van der Waals surface area contributed by atoms with Crippen LogP contribution in [0.1, 0.15) is 60.5 Å². The number of para-hydroxylation sites is 1. The fourth-order valence-electron chi connectivity index (χ4n) is 9.16. The molecule has 2 heterocycles. The van der Waals surface area contributed by atoms with Crippen LogP contribution < -0.4 is 4.90 Å². The van der Waals surface area contributed by atoms with E-state index in [9.17, 15) is 9.59 Å². The number of carbonyl (C=O) groups is 2. The van der Waals surface area contributed by atoms with Crippen molar-refractivity contribution in [2.45, 2.75) is 43.2 Å². The Kier molecular flexibility index (Phi) is 5.95. The number of hydrogen-bond donors (Lipinski definition) is 0. The van der Waals surface area contributed by atoms with Gasteiger partial charge in [-0.3, -0.25) is 9.59 Å². The van der Waals surface area contributed by atoms with E-state index >= 15 is 0 Å². The Morgan fingerprint density at radius 1 is 0.674 bits per heavy atom. The van der Waals surface area contributed by atoms with Crippen LogP contribution >= 0.6 is 11.8 Å². The Morgan fingerprint density at radius 2 is 1.17 bits per heavy atom. The molecule has 0 N–H and O–H groups in total. The standard InChI is InChI=1S/C42H33NO2S/c1-24-20-25(2)38(26(3)21-24)43-37-19-11-10-18-35(37)42(33-16-8-6-12-28(33)29-13-7-9-17-34(29)42)36-23-27(46-41(36)43)22-32-39(44)30-14-4-5-15-31(30)40(32)45/h4-22,27,36,41H,23H2,1-3H3. The van der Waals surface area contributed by atoms with E-state index in [-0.39, 0.29) is 33.5 Å².